The van der Waals surface area contributed by atoms with Crippen molar-refractivity contribution < 1.29 is 14.6 Å². The summed E-state index contributed by atoms with van der Waals surface area (Å²) >= 11 is 0. The normalized spacial score (nSPS) is 23.3. The molecule has 8 heteroatoms. The van der Waals surface area contributed by atoms with Crippen LogP contribution in [0.25, 0.3) is 10.9 Å². The van der Waals surface area contributed by atoms with Gasteiger partial charge in [-0.25, -0.2) is 4.98 Å². The van der Waals surface area contributed by atoms with Crippen molar-refractivity contribution in [1.82, 2.24) is 19.8 Å². The fourth-order valence-corrected chi connectivity index (χ4v) is 6.53. The van der Waals surface area contributed by atoms with Gasteiger partial charge in [-0.2, -0.15) is 5.26 Å². The highest BCUT2D eigenvalue weighted by Crippen LogP contribution is 2.38. The lowest BCUT2D eigenvalue weighted by atomic mass is 9.76. The Balaban J connectivity index is 1.25. The molecule has 0 spiro atoms. The van der Waals surface area contributed by atoms with E-state index in [2.05, 4.69) is 22.0 Å². The number of aromatic nitrogens is 2. The van der Waals surface area contributed by atoms with Crippen LogP contribution in [0.5, 0.6) is 5.88 Å². The Hall–Kier alpha value is -3.54. The van der Waals surface area contributed by atoms with Crippen LogP contribution in [0.2, 0.25) is 0 Å². The first kappa shape index (κ1) is 24.8. The van der Waals surface area contributed by atoms with E-state index in [1.165, 1.54) is 0 Å². The molecule has 1 aromatic carbocycles. The number of aliphatic hydroxyl groups excluding tert-OH is 1. The molecular weight excluding hydrogens is 478 g/mol. The number of piperidine rings is 1. The largest absolute Gasteiger partial charge is 0.481 e. The van der Waals surface area contributed by atoms with E-state index in [-0.39, 0.29) is 11.9 Å². The Kier molecular flexibility index (Phi) is 6.50. The first-order valence-electron chi connectivity index (χ1n) is 13.6. The Morgan fingerprint density at radius 3 is 2.76 bits per heavy atom. The average molecular weight is 512 g/mol. The smallest absolute Gasteiger partial charge is 0.254 e. The van der Waals surface area contributed by atoms with Crippen LogP contribution in [0.15, 0.2) is 42.6 Å². The van der Waals surface area contributed by atoms with E-state index in [4.69, 9.17) is 9.72 Å². The number of methoxy groups -OCH3 is 1. The van der Waals surface area contributed by atoms with E-state index in [9.17, 15) is 15.2 Å². The molecule has 6 rings (SSSR count). The van der Waals surface area contributed by atoms with Gasteiger partial charge in [0.2, 0.25) is 5.88 Å². The van der Waals surface area contributed by atoms with Crippen molar-refractivity contribution in [2.24, 2.45) is 0 Å². The van der Waals surface area contributed by atoms with Crippen LogP contribution in [0, 0.1) is 11.3 Å². The third kappa shape index (κ3) is 4.20. The molecule has 2 aromatic heterocycles. The SMILES string of the molecule is COc1cccc(C2(C#N)CCN(Cc3cc4c(c5ncccc35)CN([C@H]3CCCC[C@@H]3O)C4=O)CC2)n1. The highest BCUT2D eigenvalue weighted by molar-refractivity contribution is 6.04. The lowest BCUT2D eigenvalue weighted by Gasteiger charge is -2.37. The zero-order valence-corrected chi connectivity index (χ0v) is 21.8. The highest BCUT2D eigenvalue weighted by Gasteiger charge is 2.40. The number of benzene rings is 1. The summed E-state index contributed by atoms with van der Waals surface area (Å²) in [7, 11) is 1.59. The molecule has 0 unspecified atom stereocenters. The zero-order valence-electron chi connectivity index (χ0n) is 21.8. The minimum atomic E-state index is -0.635. The molecule has 2 fully saturated rings. The van der Waals surface area contributed by atoms with Crippen LogP contribution in [-0.4, -0.2) is 63.1 Å². The number of nitrogens with zero attached hydrogens (tertiary/aromatic N) is 5. The minimum absolute atomic E-state index is 0.00555. The molecule has 4 heterocycles. The van der Waals surface area contributed by atoms with Gasteiger partial charge in [0.1, 0.15) is 5.41 Å². The Morgan fingerprint density at radius 2 is 2.00 bits per heavy atom. The number of likely N-dealkylation sites (tertiary alicyclic amines) is 1. The topological polar surface area (TPSA) is 103 Å². The lowest BCUT2D eigenvalue weighted by Crippen LogP contribution is -2.45. The van der Waals surface area contributed by atoms with Crippen molar-refractivity contribution in [3.8, 4) is 11.9 Å². The molecule has 3 aliphatic rings. The highest BCUT2D eigenvalue weighted by atomic mass is 16.5. The van der Waals surface area contributed by atoms with Gasteiger partial charge in [-0.1, -0.05) is 25.0 Å². The number of nitriles is 1. The standard InChI is InChI=1S/C30H33N5O3/c1-38-27-10-4-9-26(33-27)30(19-31)11-14-34(15-12-30)17-20-16-22-23(28-21(20)6-5-13-32-28)18-35(29(22)37)24-7-2-3-8-25(24)36/h4-6,9-10,13,16,24-25,36H,2-3,7-8,11-12,14-15,17-18H2,1H3/t24-,25-/m0/s1. The summed E-state index contributed by atoms with van der Waals surface area (Å²) in [6.07, 6.45) is 6.32. The Morgan fingerprint density at radius 1 is 1.18 bits per heavy atom. The third-order valence-corrected chi connectivity index (χ3v) is 8.74. The molecule has 3 aromatic rings. The number of rotatable bonds is 5. The number of carbonyl (C=O) groups is 1. The maximum absolute atomic E-state index is 13.6. The van der Waals surface area contributed by atoms with Gasteiger partial charge in [0.05, 0.1) is 36.5 Å². The van der Waals surface area contributed by atoms with Gasteiger partial charge in [-0.3, -0.25) is 14.7 Å². The number of ether oxygens (including phenoxy) is 1. The molecule has 0 bridgehead atoms. The fourth-order valence-electron chi connectivity index (χ4n) is 6.53. The molecule has 196 valence electrons. The Bertz CT molecular complexity index is 1410. The molecule has 38 heavy (non-hydrogen) atoms. The van der Waals surface area contributed by atoms with Crippen molar-refractivity contribution in [3.05, 3.63) is 65.0 Å². The number of fused-ring (bicyclic) bond motifs is 3. The van der Waals surface area contributed by atoms with Crippen LogP contribution in [0.3, 0.4) is 0 Å². The predicted octanol–water partition coefficient (Wildman–Crippen LogP) is 3.96. The minimum Gasteiger partial charge on any atom is -0.481 e. The molecule has 2 aliphatic heterocycles. The second-order valence-corrected chi connectivity index (χ2v) is 10.8. The second kappa shape index (κ2) is 9.97. The average Bonchev–Trinajstić information content (AvgIpc) is 3.30. The summed E-state index contributed by atoms with van der Waals surface area (Å²) in [5.74, 6) is 0.530. The van der Waals surface area contributed by atoms with Crippen molar-refractivity contribution in [1.29, 1.82) is 5.26 Å². The number of amides is 1. The van der Waals surface area contributed by atoms with Gasteiger partial charge in [0.15, 0.2) is 0 Å². The van der Waals surface area contributed by atoms with Crippen molar-refractivity contribution in [3.63, 3.8) is 0 Å². The number of hydrogen-bond donors (Lipinski definition) is 1. The first-order chi connectivity index (χ1) is 18.5. The van der Waals surface area contributed by atoms with E-state index in [1.807, 2.05) is 29.2 Å². The second-order valence-electron chi connectivity index (χ2n) is 10.8. The summed E-state index contributed by atoms with van der Waals surface area (Å²) in [4.78, 5) is 27.1. The number of pyridine rings is 2. The van der Waals surface area contributed by atoms with Gasteiger partial charge in [0, 0.05) is 55.0 Å². The number of hydrogen-bond acceptors (Lipinski definition) is 7. The summed E-state index contributed by atoms with van der Waals surface area (Å²) in [5, 5.41) is 21.8. The first-order valence-corrected chi connectivity index (χ1v) is 13.6. The zero-order chi connectivity index (χ0) is 26.3. The lowest BCUT2D eigenvalue weighted by molar-refractivity contribution is 0.0192. The monoisotopic (exact) mass is 511 g/mol. The van der Waals surface area contributed by atoms with E-state index in [0.717, 1.165) is 66.5 Å². The van der Waals surface area contributed by atoms with Crippen molar-refractivity contribution in [2.75, 3.05) is 20.2 Å². The van der Waals surface area contributed by atoms with Gasteiger partial charge in [-0.05, 0) is 49.4 Å². The third-order valence-electron chi connectivity index (χ3n) is 8.74. The molecule has 1 amide bonds. The summed E-state index contributed by atoms with van der Waals surface area (Å²) in [6.45, 7) is 2.69. The van der Waals surface area contributed by atoms with Crippen LogP contribution < -0.4 is 4.74 Å². The van der Waals surface area contributed by atoms with E-state index in [1.54, 1.807) is 19.4 Å². The summed E-state index contributed by atoms with van der Waals surface area (Å²) < 4.78 is 5.29. The predicted molar refractivity (Wildman–Crippen MR) is 142 cm³/mol. The van der Waals surface area contributed by atoms with Gasteiger partial charge in [0.25, 0.3) is 5.91 Å². The quantitative estimate of drug-likeness (QED) is 0.553. The molecule has 1 N–H and O–H groups in total. The van der Waals surface area contributed by atoms with Crippen molar-refractivity contribution in [2.45, 2.75) is 69.2 Å². The summed E-state index contributed by atoms with van der Waals surface area (Å²) in [6, 6.07) is 14.1. The molecule has 1 aliphatic carbocycles. The maximum Gasteiger partial charge on any atom is 0.254 e. The van der Waals surface area contributed by atoms with Gasteiger partial charge < -0.3 is 14.7 Å². The van der Waals surface area contributed by atoms with E-state index in [0.29, 0.717) is 37.4 Å². The molecule has 2 atom stereocenters. The molecule has 1 saturated carbocycles. The molecule has 0 radical (unpaired) electrons. The van der Waals surface area contributed by atoms with Crippen LogP contribution in [-0.2, 0) is 18.5 Å². The van der Waals surface area contributed by atoms with Crippen LogP contribution in [0.4, 0.5) is 0 Å². The fraction of sp³-hybridized carbons (Fsp3) is 0.467. The van der Waals surface area contributed by atoms with Gasteiger partial charge >= 0.3 is 0 Å². The summed E-state index contributed by atoms with van der Waals surface area (Å²) in [5.41, 5.74) is 3.78. The Labute approximate surface area is 222 Å². The number of aliphatic hydroxyl groups is 1. The van der Waals surface area contributed by atoms with E-state index < -0.39 is 11.5 Å². The molecule has 8 nitrogen and oxygen atoms in total. The molecule has 1 saturated heterocycles. The van der Waals surface area contributed by atoms with Crippen LogP contribution >= 0.6 is 0 Å². The molecular formula is C30H33N5O3. The maximum atomic E-state index is 13.6. The van der Waals surface area contributed by atoms with Crippen LogP contribution in [0.1, 0.15) is 65.7 Å². The van der Waals surface area contributed by atoms with Gasteiger partial charge in [-0.15, -0.1) is 0 Å². The number of carbonyl (C=O) groups excluding carboxylic acids is 1. The van der Waals surface area contributed by atoms with Crippen molar-refractivity contribution >= 4 is 16.8 Å². The van der Waals surface area contributed by atoms with E-state index >= 15 is 0 Å².